The first kappa shape index (κ1) is 8.21. The van der Waals surface area contributed by atoms with Crippen LogP contribution < -0.4 is 0 Å². The highest BCUT2D eigenvalue weighted by Crippen LogP contribution is 2.47. The van der Waals surface area contributed by atoms with Gasteiger partial charge < -0.3 is 14.6 Å². The molecule has 0 aromatic rings. The molecule has 3 bridgehead atoms. The van der Waals surface area contributed by atoms with Crippen LogP contribution in [0.25, 0.3) is 0 Å². The van der Waals surface area contributed by atoms with Crippen molar-refractivity contribution in [1.82, 2.24) is 0 Å². The maximum Gasteiger partial charge on any atom is 0.0893 e. The van der Waals surface area contributed by atoms with Gasteiger partial charge in [0.2, 0.25) is 0 Å². The van der Waals surface area contributed by atoms with Crippen LogP contribution in [0.1, 0.15) is 20.3 Å². The molecule has 13 heavy (non-hydrogen) atoms. The first-order valence-corrected chi connectivity index (χ1v) is 5.17. The lowest BCUT2D eigenvalue weighted by Gasteiger charge is -2.42. The summed E-state index contributed by atoms with van der Waals surface area (Å²) in [5, 5.41) is 9.77. The molecule has 74 valence electrons. The van der Waals surface area contributed by atoms with E-state index in [1.165, 1.54) is 0 Å². The Bertz CT molecular complexity index is 228. The van der Waals surface area contributed by atoms with Crippen molar-refractivity contribution < 1.29 is 14.6 Å². The summed E-state index contributed by atoms with van der Waals surface area (Å²) in [6, 6.07) is 0. The van der Waals surface area contributed by atoms with Crippen LogP contribution in [0.5, 0.6) is 0 Å². The molecular weight excluding hydrogens is 168 g/mol. The second-order valence-corrected chi connectivity index (χ2v) is 4.73. The number of fused-ring (bicyclic) bond motifs is 2. The molecule has 0 saturated carbocycles. The zero-order chi connectivity index (χ0) is 9.16. The van der Waals surface area contributed by atoms with Crippen molar-refractivity contribution in [2.24, 2.45) is 11.8 Å². The normalized spacial score (nSPS) is 64.4. The first-order chi connectivity index (χ1) is 6.18. The van der Waals surface area contributed by atoms with E-state index in [2.05, 4.69) is 13.8 Å². The van der Waals surface area contributed by atoms with Crippen LogP contribution in [0.15, 0.2) is 0 Å². The summed E-state index contributed by atoms with van der Waals surface area (Å²) >= 11 is 0. The fourth-order valence-electron chi connectivity index (χ4n) is 3.24. The number of aliphatic hydroxyl groups is 1. The highest BCUT2D eigenvalue weighted by atomic mass is 16.6. The van der Waals surface area contributed by atoms with Gasteiger partial charge >= 0.3 is 0 Å². The summed E-state index contributed by atoms with van der Waals surface area (Å²) in [6.45, 7) is 4.32. The summed E-state index contributed by atoms with van der Waals surface area (Å²) in [4.78, 5) is 0. The third-order valence-electron chi connectivity index (χ3n) is 3.94. The lowest BCUT2D eigenvalue weighted by atomic mass is 9.77. The zero-order valence-electron chi connectivity index (χ0n) is 8.01. The van der Waals surface area contributed by atoms with Crippen molar-refractivity contribution in [2.75, 3.05) is 0 Å². The molecule has 0 aromatic carbocycles. The fraction of sp³-hybridized carbons (Fsp3) is 1.00. The second kappa shape index (κ2) is 2.47. The lowest BCUT2D eigenvalue weighted by molar-refractivity contribution is -0.169. The van der Waals surface area contributed by atoms with E-state index in [1.54, 1.807) is 0 Å². The van der Waals surface area contributed by atoms with E-state index in [0.29, 0.717) is 17.9 Å². The van der Waals surface area contributed by atoms with Gasteiger partial charge in [0.05, 0.1) is 30.5 Å². The van der Waals surface area contributed by atoms with E-state index in [-0.39, 0.29) is 24.4 Å². The number of hydrogen-bond donors (Lipinski definition) is 1. The van der Waals surface area contributed by atoms with E-state index in [0.717, 1.165) is 6.42 Å². The van der Waals surface area contributed by atoms with Crippen molar-refractivity contribution in [3.8, 4) is 0 Å². The molecule has 0 radical (unpaired) electrons. The van der Waals surface area contributed by atoms with Crippen LogP contribution in [-0.2, 0) is 9.47 Å². The van der Waals surface area contributed by atoms with Crippen molar-refractivity contribution in [3.63, 3.8) is 0 Å². The molecule has 0 aromatic heterocycles. The summed E-state index contributed by atoms with van der Waals surface area (Å²) < 4.78 is 11.7. The standard InChI is InChI=1S/C10H16O3/c1-4-8-5(2)10-7(12-8)3-6(11)9(4)13-10/h4-11H,3H2,1-2H3/t4-,5+,6-,7+,8+,9+,10-/m1/s1. The molecule has 7 atom stereocenters. The Hall–Kier alpha value is -0.120. The number of aliphatic hydroxyl groups excluding tert-OH is 1. The summed E-state index contributed by atoms with van der Waals surface area (Å²) in [7, 11) is 0. The smallest absolute Gasteiger partial charge is 0.0893 e. The lowest BCUT2D eigenvalue weighted by Crippen LogP contribution is -2.53. The van der Waals surface area contributed by atoms with Gasteiger partial charge in [0.1, 0.15) is 0 Å². The van der Waals surface area contributed by atoms with Gasteiger partial charge in [-0.25, -0.2) is 0 Å². The largest absolute Gasteiger partial charge is 0.390 e. The highest BCUT2D eigenvalue weighted by molar-refractivity contribution is 5.04. The highest BCUT2D eigenvalue weighted by Gasteiger charge is 2.57. The number of hydrogen-bond acceptors (Lipinski definition) is 3. The summed E-state index contributed by atoms with van der Waals surface area (Å²) in [6.07, 6.45) is 1.18. The van der Waals surface area contributed by atoms with E-state index >= 15 is 0 Å². The molecule has 3 fully saturated rings. The van der Waals surface area contributed by atoms with E-state index in [4.69, 9.17) is 9.47 Å². The Morgan fingerprint density at radius 1 is 1.00 bits per heavy atom. The van der Waals surface area contributed by atoms with Gasteiger partial charge in [0, 0.05) is 18.3 Å². The molecule has 3 aliphatic rings. The summed E-state index contributed by atoms with van der Waals surface area (Å²) in [5.41, 5.74) is 0. The second-order valence-electron chi connectivity index (χ2n) is 4.73. The van der Waals surface area contributed by atoms with E-state index < -0.39 is 0 Å². The van der Waals surface area contributed by atoms with Gasteiger partial charge in [-0.05, 0) is 0 Å². The van der Waals surface area contributed by atoms with Gasteiger partial charge in [0.25, 0.3) is 0 Å². The van der Waals surface area contributed by atoms with Crippen molar-refractivity contribution >= 4 is 0 Å². The molecule has 3 aliphatic heterocycles. The monoisotopic (exact) mass is 184 g/mol. The first-order valence-electron chi connectivity index (χ1n) is 5.17. The van der Waals surface area contributed by atoms with Crippen molar-refractivity contribution in [2.45, 2.75) is 50.8 Å². The van der Waals surface area contributed by atoms with Crippen LogP contribution in [0, 0.1) is 11.8 Å². The number of rotatable bonds is 0. The Balaban J connectivity index is 1.97. The van der Waals surface area contributed by atoms with Gasteiger partial charge in [-0.3, -0.25) is 0 Å². The van der Waals surface area contributed by atoms with E-state index in [1.807, 2.05) is 0 Å². The van der Waals surface area contributed by atoms with Gasteiger partial charge in [-0.1, -0.05) is 13.8 Å². The van der Waals surface area contributed by atoms with Crippen LogP contribution in [0.4, 0.5) is 0 Å². The number of ether oxygens (including phenoxy) is 2. The maximum atomic E-state index is 9.77. The quantitative estimate of drug-likeness (QED) is 0.598. The average molecular weight is 184 g/mol. The third kappa shape index (κ3) is 0.901. The van der Waals surface area contributed by atoms with Gasteiger partial charge in [-0.15, -0.1) is 0 Å². The minimum absolute atomic E-state index is 0.0185. The van der Waals surface area contributed by atoms with Gasteiger partial charge in [-0.2, -0.15) is 0 Å². The van der Waals surface area contributed by atoms with Crippen LogP contribution in [0.3, 0.4) is 0 Å². The Kier molecular flexibility index (Phi) is 1.56. The fourth-order valence-corrected chi connectivity index (χ4v) is 3.24. The van der Waals surface area contributed by atoms with Crippen LogP contribution in [0.2, 0.25) is 0 Å². The van der Waals surface area contributed by atoms with Gasteiger partial charge in [0.15, 0.2) is 0 Å². The van der Waals surface area contributed by atoms with Crippen molar-refractivity contribution in [3.05, 3.63) is 0 Å². The Labute approximate surface area is 78.0 Å². The Morgan fingerprint density at radius 3 is 2.46 bits per heavy atom. The van der Waals surface area contributed by atoms with Crippen LogP contribution in [-0.4, -0.2) is 35.6 Å². The summed E-state index contributed by atoms with van der Waals surface area (Å²) in [5.74, 6) is 0.845. The molecule has 3 saturated heterocycles. The molecule has 3 heteroatoms. The molecule has 0 unspecified atom stereocenters. The zero-order valence-corrected chi connectivity index (χ0v) is 8.01. The molecule has 1 N–H and O–H groups in total. The molecular formula is C10H16O3. The minimum Gasteiger partial charge on any atom is -0.390 e. The molecule has 0 amide bonds. The van der Waals surface area contributed by atoms with Crippen LogP contribution >= 0.6 is 0 Å². The van der Waals surface area contributed by atoms with Crippen molar-refractivity contribution in [1.29, 1.82) is 0 Å². The predicted molar refractivity (Wildman–Crippen MR) is 46.3 cm³/mol. The molecule has 3 rings (SSSR count). The maximum absolute atomic E-state index is 9.77. The average Bonchev–Trinajstić information content (AvgIpc) is 2.25. The third-order valence-corrected chi connectivity index (χ3v) is 3.94. The Morgan fingerprint density at radius 2 is 1.69 bits per heavy atom. The van der Waals surface area contributed by atoms with E-state index in [9.17, 15) is 5.11 Å². The molecule has 3 heterocycles. The topological polar surface area (TPSA) is 38.7 Å². The minimum atomic E-state index is -0.311. The SMILES string of the molecule is C[C@@H]1[C@@H]2O[C@H]3C[C@@H](O)[C@H]1O[C@@H]3[C@H]2C. The molecule has 3 nitrogen and oxygen atoms in total. The predicted octanol–water partition coefficient (Wildman–Crippen LogP) is 0.558. The molecule has 0 aliphatic carbocycles. The molecule has 0 spiro atoms.